The summed E-state index contributed by atoms with van der Waals surface area (Å²) in [6.45, 7) is 3.21. The molecule has 0 amide bonds. The summed E-state index contributed by atoms with van der Waals surface area (Å²) >= 11 is 1.63. The second-order valence-electron chi connectivity index (χ2n) is 8.34. The number of ether oxygens (including phenoxy) is 2. The Morgan fingerprint density at radius 3 is 2.46 bits per heavy atom. The Kier molecular flexibility index (Phi) is 5.64. The Morgan fingerprint density at radius 1 is 0.857 bits per heavy atom. The molecule has 0 bridgehead atoms. The molecule has 35 heavy (non-hydrogen) atoms. The molecular weight excluding hydrogens is 454 g/mol. The minimum Gasteiger partial charge on any atom is -0.486 e. The van der Waals surface area contributed by atoms with Gasteiger partial charge in [0.1, 0.15) is 23.9 Å². The SMILES string of the molecule is Cc1ccc(-c2csc(C=Cc3cn(-c4ccccc4)nc3-c3ccc4c(c3)OCCO4)n2)cc1. The number of thiazole rings is 1. The van der Waals surface area contributed by atoms with Crippen LogP contribution >= 0.6 is 11.3 Å². The van der Waals surface area contributed by atoms with Crippen LogP contribution in [0.25, 0.3) is 40.4 Å². The number of aryl methyl sites for hydroxylation is 1. The highest BCUT2D eigenvalue weighted by atomic mass is 32.1. The maximum absolute atomic E-state index is 5.81. The topological polar surface area (TPSA) is 49.2 Å². The van der Waals surface area contributed by atoms with Crippen LogP contribution in [0.3, 0.4) is 0 Å². The highest BCUT2D eigenvalue weighted by Gasteiger charge is 2.16. The van der Waals surface area contributed by atoms with E-state index < -0.39 is 0 Å². The highest BCUT2D eigenvalue weighted by Crippen LogP contribution is 2.36. The minimum atomic E-state index is 0.551. The van der Waals surface area contributed by atoms with Crippen LogP contribution in [0.5, 0.6) is 11.5 Å². The number of benzene rings is 3. The van der Waals surface area contributed by atoms with Crippen molar-refractivity contribution in [3.63, 3.8) is 0 Å². The molecule has 0 radical (unpaired) electrons. The molecule has 0 saturated carbocycles. The Balaban J connectivity index is 1.36. The standard InChI is InChI=1S/C29H23N3O2S/c1-20-7-9-21(10-8-20)25-19-35-28(30-25)14-12-23-18-32(24-5-3-2-4-6-24)31-29(23)22-11-13-26-27(17-22)34-16-15-33-26/h2-14,17-19H,15-16H2,1H3. The van der Waals surface area contributed by atoms with Gasteiger partial charge in [-0.1, -0.05) is 48.0 Å². The van der Waals surface area contributed by atoms with E-state index in [9.17, 15) is 0 Å². The molecule has 6 rings (SSSR count). The molecule has 3 aromatic carbocycles. The Hall–Kier alpha value is -4.16. The van der Waals surface area contributed by atoms with Gasteiger partial charge >= 0.3 is 0 Å². The van der Waals surface area contributed by atoms with E-state index in [-0.39, 0.29) is 0 Å². The zero-order chi connectivity index (χ0) is 23.6. The molecule has 6 heteroatoms. The van der Waals surface area contributed by atoms with Crippen molar-refractivity contribution < 1.29 is 9.47 Å². The second kappa shape index (κ2) is 9.24. The fraction of sp³-hybridized carbons (Fsp3) is 0.103. The monoisotopic (exact) mass is 477 g/mol. The lowest BCUT2D eigenvalue weighted by Gasteiger charge is -2.18. The van der Waals surface area contributed by atoms with Crippen molar-refractivity contribution in [3.8, 4) is 39.7 Å². The first kappa shape index (κ1) is 21.4. The van der Waals surface area contributed by atoms with Crippen molar-refractivity contribution in [2.75, 3.05) is 13.2 Å². The fourth-order valence-electron chi connectivity index (χ4n) is 4.02. The lowest BCUT2D eigenvalue weighted by molar-refractivity contribution is 0.171. The fourth-order valence-corrected chi connectivity index (χ4v) is 4.74. The van der Waals surface area contributed by atoms with Gasteiger partial charge < -0.3 is 9.47 Å². The molecule has 0 atom stereocenters. The molecule has 5 aromatic rings. The van der Waals surface area contributed by atoms with Gasteiger partial charge in [-0.2, -0.15) is 5.10 Å². The summed E-state index contributed by atoms with van der Waals surface area (Å²) in [6, 6.07) is 24.6. The van der Waals surface area contributed by atoms with E-state index >= 15 is 0 Å². The predicted octanol–water partition coefficient (Wildman–Crippen LogP) is 6.91. The van der Waals surface area contributed by atoms with Gasteiger partial charge in [0.15, 0.2) is 11.5 Å². The molecule has 1 aliphatic rings. The average Bonchev–Trinajstić information content (AvgIpc) is 3.56. The van der Waals surface area contributed by atoms with Crippen LogP contribution in [0.1, 0.15) is 16.1 Å². The smallest absolute Gasteiger partial charge is 0.162 e. The van der Waals surface area contributed by atoms with Crippen molar-refractivity contribution in [1.82, 2.24) is 14.8 Å². The van der Waals surface area contributed by atoms with E-state index in [0.29, 0.717) is 13.2 Å². The minimum absolute atomic E-state index is 0.551. The molecule has 2 aromatic heterocycles. The van der Waals surface area contributed by atoms with Crippen LogP contribution in [0, 0.1) is 6.92 Å². The number of aromatic nitrogens is 3. The lowest BCUT2D eigenvalue weighted by Crippen LogP contribution is -2.15. The zero-order valence-electron chi connectivity index (χ0n) is 19.2. The molecule has 0 aliphatic carbocycles. The van der Waals surface area contributed by atoms with Crippen LogP contribution in [-0.4, -0.2) is 28.0 Å². The highest BCUT2D eigenvalue weighted by molar-refractivity contribution is 7.10. The Labute approximate surface area is 207 Å². The van der Waals surface area contributed by atoms with E-state index in [2.05, 4.69) is 48.7 Å². The summed E-state index contributed by atoms with van der Waals surface area (Å²) in [5, 5.41) is 7.97. The van der Waals surface area contributed by atoms with Crippen molar-refractivity contribution in [3.05, 3.63) is 101 Å². The first-order chi connectivity index (χ1) is 17.2. The van der Waals surface area contributed by atoms with Gasteiger partial charge in [0.05, 0.1) is 11.4 Å². The largest absolute Gasteiger partial charge is 0.486 e. The maximum atomic E-state index is 5.81. The third kappa shape index (κ3) is 4.48. The maximum Gasteiger partial charge on any atom is 0.162 e. The lowest BCUT2D eigenvalue weighted by atomic mass is 10.1. The Bertz CT molecular complexity index is 1500. The molecule has 3 heterocycles. The van der Waals surface area contributed by atoms with Gasteiger partial charge in [0.25, 0.3) is 0 Å². The molecular formula is C29H23N3O2S. The van der Waals surface area contributed by atoms with Gasteiger partial charge in [0.2, 0.25) is 0 Å². The average molecular weight is 478 g/mol. The van der Waals surface area contributed by atoms with Gasteiger partial charge in [0, 0.05) is 28.3 Å². The van der Waals surface area contributed by atoms with E-state index in [0.717, 1.165) is 50.3 Å². The third-order valence-corrected chi connectivity index (χ3v) is 6.66. The zero-order valence-corrected chi connectivity index (χ0v) is 20.0. The quantitative estimate of drug-likeness (QED) is 0.276. The number of nitrogens with zero attached hydrogens (tertiary/aromatic N) is 3. The summed E-state index contributed by atoms with van der Waals surface area (Å²) in [5.74, 6) is 1.52. The number of hydrogen-bond acceptors (Lipinski definition) is 5. The molecule has 0 unspecified atom stereocenters. The molecule has 1 aliphatic heterocycles. The molecule has 0 spiro atoms. The molecule has 0 fully saturated rings. The van der Waals surface area contributed by atoms with Crippen molar-refractivity contribution in [1.29, 1.82) is 0 Å². The van der Waals surface area contributed by atoms with Gasteiger partial charge in [-0.3, -0.25) is 0 Å². The van der Waals surface area contributed by atoms with Gasteiger partial charge in [-0.15, -0.1) is 11.3 Å². The van der Waals surface area contributed by atoms with E-state index in [1.54, 1.807) is 11.3 Å². The van der Waals surface area contributed by atoms with Crippen LogP contribution in [0.4, 0.5) is 0 Å². The third-order valence-electron chi connectivity index (χ3n) is 5.85. The van der Waals surface area contributed by atoms with Crippen LogP contribution in [0.15, 0.2) is 84.4 Å². The normalized spacial score (nSPS) is 12.8. The summed E-state index contributed by atoms with van der Waals surface area (Å²) in [4.78, 5) is 4.82. The van der Waals surface area contributed by atoms with Crippen LogP contribution < -0.4 is 9.47 Å². The second-order valence-corrected chi connectivity index (χ2v) is 9.23. The molecule has 0 saturated heterocycles. The number of fused-ring (bicyclic) bond motifs is 1. The molecule has 5 nitrogen and oxygen atoms in total. The number of para-hydroxylation sites is 1. The van der Waals surface area contributed by atoms with Crippen molar-refractivity contribution in [2.45, 2.75) is 6.92 Å². The summed E-state index contributed by atoms with van der Waals surface area (Å²) < 4.78 is 13.4. The van der Waals surface area contributed by atoms with Gasteiger partial charge in [-0.05, 0) is 49.4 Å². The van der Waals surface area contributed by atoms with E-state index in [1.165, 1.54) is 5.56 Å². The number of hydrogen-bond donors (Lipinski definition) is 0. The predicted molar refractivity (Wildman–Crippen MR) is 141 cm³/mol. The molecule has 0 N–H and O–H groups in total. The van der Waals surface area contributed by atoms with Crippen molar-refractivity contribution in [2.24, 2.45) is 0 Å². The van der Waals surface area contributed by atoms with Crippen LogP contribution in [-0.2, 0) is 0 Å². The van der Waals surface area contributed by atoms with E-state index in [4.69, 9.17) is 19.6 Å². The summed E-state index contributed by atoms with van der Waals surface area (Å²) in [5.41, 5.74) is 7.20. The number of rotatable bonds is 5. The van der Waals surface area contributed by atoms with E-state index in [1.807, 2.05) is 59.4 Å². The van der Waals surface area contributed by atoms with Gasteiger partial charge in [-0.25, -0.2) is 9.67 Å². The van der Waals surface area contributed by atoms with Crippen LogP contribution in [0.2, 0.25) is 0 Å². The Morgan fingerprint density at radius 2 is 1.63 bits per heavy atom. The molecule has 172 valence electrons. The summed E-state index contributed by atoms with van der Waals surface area (Å²) in [6.07, 6.45) is 6.18. The first-order valence-electron chi connectivity index (χ1n) is 11.5. The van der Waals surface area contributed by atoms with Crippen molar-refractivity contribution >= 4 is 23.5 Å². The first-order valence-corrected chi connectivity index (χ1v) is 12.4. The summed E-state index contributed by atoms with van der Waals surface area (Å²) in [7, 11) is 0.